The SMILES string of the molecule is CC1CC(CCO)c2c(O)cc(CCC[S+]([O-])CCCc3cc(O)c4c(c3)N(C)C(C)CC4CCO)cc2N1C. The monoisotopic (exact) mass is 572 g/mol. The predicted molar refractivity (Wildman–Crippen MR) is 165 cm³/mol. The molecule has 0 amide bonds. The highest BCUT2D eigenvalue weighted by atomic mass is 32.2. The van der Waals surface area contributed by atoms with Gasteiger partial charge in [0.05, 0.1) is 0 Å². The van der Waals surface area contributed by atoms with E-state index in [0.717, 1.165) is 72.2 Å². The second-order valence-electron chi connectivity index (χ2n) is 12.0. The Morgan fingerprint density at radius 2 is 1.15 bits per heavy atom. The fraction of sp³-hybridized carbons (Fsp3) is 0.625. The van der Waals surface area contributed by atoms with Crippen LogP contribution in [0.1, 0.15) is 86.5 Å². The first kappa shape index (κ1) is 30.8. The fourth-order valence-corrected chi connectivity index (χ4v) is 7.87. The number of aliphatic hydroxyl groups excluding tert-OH is 2. The molecule has 0 fully saturated rings. The third-order valence-corrected chi connectivity index (χ3v) is 10.7. The van der Waals surface area contributed by atoms with E-state index in [9.17, 15) is 25.0 Å². The molecule has 0 spiro atoms. The van der Waals surface area contributed by atoms with Crippen LogP contribution >= 0.6 is 0 Å². The lowest BCUT2D eigenvalue weighted by atomic mass is 9.83. The zero-order valence-corrected chi connectivity index (χ0v) is 25.4. The van der Waals surface area contributed by atoms with E-state index in [0.29, 0.717) is 47.9 Å². The molecule has 222 valence electrons. The van der Waals surface area contributed by atoms with Crippen molar-refractivity contribution in [1.29, 1.82) is 0 Å². The van der Waals surface area contributed by atoms with E-state index < -0.39 is 11.2 Å². The second kappa shape index (κ2) is 13.7. The van der Waals surface area contributed by atoms with Crippen LogP contribution in [-0.4, -0.2) is 75.9 Å². The molecule has 2 aromatic rings. The van der Waals surface area contributed by atoms with Crippen molar-refractivity contribution in [3.63, 3.8) is 0 Å². The first-order chi connectivity index (χ1) is 19.1. The highest BCUT2D eigenvalue weighted by Gasteiger charge is 2.32. The van der Waals surface area contributed by atoms with Crippen LogP contribution in [0.25, 0.3) is 0 Å². The van der Waals surface area contributed by atoms with Crippen LogP contribution in [0.5, 0.6) is 11.5 Å². The van der Waals surface area contributed by atoms with Gasteiger partial charge in [0.1, 0.15) is 23.0 Å². The number of aryl methyl sites for hydroxylation is 2. The number of hydrogen-bond acceptors (Lipinski definition) is 7. The van der Waals surface area contributed by atoms with Gasteiger partial charge in [0.2, 0.25) is 0 Å². The number of aromatic hydroxyl groups is 2. The van der Waals surface area contributed by atoms with E-state index >= 15 is 0 Å². The summed E-state index contributed by atoms with van der Waals surface area (Å²) in [5.41, 5.74) is 6.09. The molecule has 40 heavy (non-hydrogen) atoms. The number of hydrogen-bond donors (Lipinski definition) is 4. The Balaban J connectivity index is 1.30. The van der Waals surface area contributed by atoms with Gasteiger partial charge in [-0.1, -0.05) is 11.2 Å². The number of rotatable bonds is 12. The minimum atomic E-state index is -0.926. The number of aliphatic hydroxyl groups is 2. The molecular weight excluding hydrogens is 524 g/mol. The summed E-state index contributed by atoms with van der Waals surface area (Å²) in [4.78, 5) is 4.43. The van der Waals surface area contributed by atoms with Crippen LogP contribution < -0.4 is 9.80 Å². The molecule has 0 aliphatic carbocycles. The Morgan fingerprint density at radius 1 is 0.750 bits per heavy atom. The van der Waals surface area contributed by atoms with Crippen molar-refractivity contribution < 1.29 is 25.0 Å². The van der Waals surface area contributed by atoms with E-state index in [1.54, 1.807) is 0 Å². The van der Waals surface area contributed by atoms with E-state index in [4.69, 9.17) is 0 Å². The van der Waals surface area contributed by atoms with Crippen LogP contribution in [0, 0.1) is 0 Å². The predicted octanol–water partition coefficient (Wildman–Crippen LogP) is 4.80. The van der Waals surface area contributed by atoms with E-state index in [2.05, 4.69) is 49.9 Å². The van der Waals surface area contributed by atoms with Gasteiger partial charge in [-0.05, 0) is 112 Å². The standard InChI is InChI=1S/C32H48N2O5S/c1-21-15-25(9-11-35)31-27(33(21)3)17-23(19-29(31)37)7-5-13-40(39)14-6-8-24-18-28-32(30(38)20-24)26(10-12-36)16-22(2)34(28)4/h17-22,25-26,35-38H,5-16H2,1-4H3. The van der Waals surface area contributed by atoms with Crippen LogP contribution in [0.3, 0.4) is 0 Å². The van der Waals surface area contributed by atoms with Gasteiger partial charge < -0.3 is 34.8 Å². The maximum atomic E-state index is 12.8. The van der Waals surface area contributed by atoms with Gasteiger partial charge >= 0.3 is 0 Å². The summed E-state index contributed by atoms with van der Waals surface area (Å²) in [5, 5.41) is 40.7. The van der Waals surface area contributed by atoms with Crippen LogP contribution in [0.15, 0.2) is 24.3 Å². The fourth-order valence-electron chi connectivity index (χ4n) is 6.73. The molecule has 0 saturated heterocycles. The molecule has 8 heteroatoms. The van der Waals surface area contributed by atoms with Gasteiger partial charge in [0.15, 0.2) is 0 Å². The number of phenolic OH excluding ortho intramolecular Hbond substituents is 2. The van der Waals surface area contributed by atoms with Crippen LogP contribution in [0.4, 0.5) is 11.4 Å². The molecule has 4 N–H and O–H groups in total. The normalized spacial score (nSPS) is 23.2. The van der Waals surface area contributed by atoms with Gasteiger partial charge in [-0.15, -0.1) is 0 Å². The third-order valence-electron chi connectivity index (χ3n) is 9.17. The zero-order chi connectivity index (χ0) is 29.0. The molecule has 4 unspecified atom stereocenters. The van der Waals surface area contributed by atoms with Crippen molar-refractivity contribution in [2.24, 2.45) is 0 Å². The Hall–Kier alpha value is -2.13. The highest BCUT2D eigenvalue weighted by molar-refractivity contribution is 7.91. The Kier molecular flexibility index (Phi) is 10.5. The zero-order valence-electron chi connectivity index (χ0n) is 24.6. The summed E-state index contributed by atoms with van der Waals surface area (Å²) in [6.07, 6.45) is 6.25. The quantitative estimate of drug-likeness (QED) is 0.271. The average Bonchev–Trinajstić information content (AvgIpc) is 2.90. The Morgan fingerprint density at radius 3 is 1.52 bits per heavy atom. The summed E-state index contributed by atoms with van der Waals surface area (Å²) >= 11 is -0.926. The van der Waals surface area contributed by atoms with Gasteiger partial charge in [-0.25, -0.2) is 0 Å². The van der Waals surface area contributed by atoms with Crippen molar-refractivity contribution in [2.75, 3.05) is 48.6 Å². The maximum Gasteiger partial charge on any atom is 0.121 e. The summed E-state index contributed by atoms with van der Waals surface area (Å²) < 4.78 is 12.8. The average molecular weight is 573 g/mol. The van der Waals surface area contributed by atoms with Gasteiger partial charge in [0.25, 0.3) is 0 Å². The first-order valence-corrected chi connectivity index (χ1v) is 16.4. The minimum Gasteiger partial charge on any atom is -0.616 e. The highest BCUT2D eigenvalue weighted by Crippen LogP contribution is 2.46. The lowest BCUT2D eigenvalue weighted by Crippen LogP contribution is -2.35. The first-order valence-electron chi connectivity index (χ1n) is 14.9. The molecule has 4 rings (SSSR count). The van der Waals surface area contributed by atoms with Crippen molar-refractivity contribution in [1.82, 2.24) is 0 Å². The summed E-state index contributed by atoms with van der Waals surface area (Å²) in [5.74, 6) is 2.18. The van der Waals surface area contributed by atoms with Crippen LogP contribution in [-0.2, 0) is 24.0 Å². The number of benzene rings is 2. The molecule has 0 saturated carbocycles. The third kappa shape index (κ3) is 6.84. The van der Waals surface area contributed by atoms with Crippen molar-refractivity contribution in [3.8, 4) is 11.5 Å². The lowest BCUT2D eigenvalue weighted by Gasteiger charge is -2.39. The molecule has 2 aliphatic rings. The Bertz CT molecular complexity index is 1060. The molecule has 2 heterocycles. The summed E-state index contributed by atoms with van der Waals surface area (Å²) in [6.45, 7) is 4.59. The van der Waals surface area contributed by atoms with Crippen molar-refractivity contribution >= 4 is 22.6 Å². The van der Waals surface area contributed by atoms with E-state index in [1.807, 2.05) is 12.1 Å². The topological polar surface area (TPSA) is 110 Å². The minimum absolute atomic E-state index is 0.114. The number of fused-ring (bicyclic) bond motifs is 2. The second-order valence-corrected chi connectivity index (χ2v) is 13.7. The molecule has 0 aromatic heterocycles. The van der Waals surface area contributed by atoms with Gasteiger partial charge in [-0.2, -0.15) is 0 Å². The van der Waals surface area contributed by atoms with Crippen molar-refractivity contribution in [2.45, 2.75) is 89.1 Å². The Labute approximate surface area is 243 Å². The lowest BCUT2D eigenvalue weighted by molar-refractivity contribution is 0.266. The molecule has 2 aromatic carbocycles. The smallest absolute Gasteiger partial charge is 0.121 e. The van der Waals surface area contributed by atoms with Crippen LogP contribution in [0.2, 0.25) is 0 Å². The molecule has 0 bridgehead atoms. The number of phenols is 2. The summed E-state index contributed by atoms with van der Waals surface area (Å²) in [6, 6.07) is 8.69. The molecule has 2 aliphatic heterocycles. The molecule has 7 nitrogen and oxygen atoms in total. The molecule has 4 atom stereocenters. The van der Waals surface area contributed by atoms with Gasteiger partial charge in [0, 0.05) is 61.9 Å². The number of nitrogens with zero attached hydrogens (tertiary/aromatic N) is 2. The summed E-state index contributed by atoms with van der Waals surface area (Å²) in [7, 11) is 4.12. The van der Waals surface area contributed by atoms with Crippen molar-refractivity contribution in [3.05, 3.63) is 46.5 Å². The number of anilines is 2. The maximum absolute atomic E-state index is 12.8. The van der Waals surface area contributed by atoms with Gasteiger partial charge in [-0.3, -0.25) is 0 Å². The molecular formula is C32H48N2O5S. The largest absolute Gasteiger partial charge is 0.616 e. The molecule has 0 radical (unpaired) electrons. The van der Waals surface area contributed by atoms with E-state index in [1.165, 1.54) is 0 Å². The van der Waals surface area contributed by atoms with E-state index in [-0.39, 0.29) is 25.0 Å².